The monoisotopic (exact) mass is 273 g/mol. The summed E-state index contributed by atoms with van der Waals surface area (Å²) in [4.78, 5) is 2.56. The zero-order valence-corrected chi connectivity index (χ0v) is 11.5. The van der Waals surface area contributed by atoms with Crippen LogP contribution in [0.2, 0.25) is 0 Å². The fraction of sp³-hybridized carbons (Fsp3) is 1.00. The Bertz CT molecular complexity index is 195. The van der Waals surface area contributed by atoms with Crippen LogP contribution in [0.5, 0.6) is 0 Å². The van der Waals surface area contributed by atoms with Crippen LogP contribution in [0.15, 0.2) is 0 Å². The molecule has 2 fully saturated rings. The van der Waals surface area contributed by atoms with Crippen LogP contribution in [-0.4, -0.2) is 30.4 Å². The SMILES string of the molecule is CN(CCCCBr)CC1CC2CCC1C2. The normalized spacial score (nSPS) is 34.2. The van der Waals surface area contributed by atoms with E-state index in [0.717, 1.165) is 23.1 Å². The molecule has 1 nitrogen and oxygen atoms in total. The second kappa shape index (κ2) is 5.67. The Balaban J connectivity index is 1.64. The van der Waals surface area contributed by atoms with E-state index < -0.39 is 0 Å². The first kappa shape index (κ1) is 11.9. The number of hydrogen-bond donors (Lipinski definition) is 0. The highest BCUT2D eigenvalue weighted by Crippen LogP contribution is 2.48. The molecule has 0 spiro atoms. The van der Waals surface area contributed by atoms with E-state index in [0.29, 0.717) is 0 Å². The van der Waals surface area contributed by atoms with Crippen molar-refractivity contribution in [2.75, 3.05) is 25.5 Å². The van der Waals surface area contributed by atoms with Crippen LogP contribution in [0.4, 0.5) is 0 Å². The van der Waals surface area contributed by atoms with Crippen molar-refractivity contribution in [2.45, 2.75) is 38.5 Å². The molecule has 2 bridgehead atoms. The molecular weight excluding hydrogens is 250 g/mol. The fourth-order valence-corrected chi connectivity index (χ4v) is 3.96. The molecule has 0 aromatic heterocycles. The summed E-state index contributed by atoms with van der Waals surface area (Å²) in [7, 11) is 2.31. The minimum atomic E-state index is 1.04. The van der Waals surface area contributed by atoms with Gasteiger partial charge in [0.25, 0.3) is 0 Å². The number of fused-ring (bicyclic) bond motifs is 2. The second-order valence-corrected chi connectivity index (χ2v) is 6.39. The van der Waals surface area contributed by atoms with Gasteiger partial charge in [0.05, 0.1) is 0 Å². The number of halogens is 1. The number of alkyl halides is 1. The van der Waals surface area contributed by atoms with Crippen molar-refractivity contribution in [3.63, 3.8) is 0 Å². The van der Waals surface area contributed by atoms with Crippen molar-refractivity contribution >= 4 is 15.9 Å². The van der Waals surface area contributed by atoms with Gasteiger partial charge in [-0.3, -0.25) is 0 Å². The minimum Gasteiger partial charge on any atom is -0.306 e. The second-order valence-electron chi connectivity index (χ2n) is 5.59. The summed E-state index contributed by atoms with van der Waals surface area (Å²) in [5, 5.41) is 1.16. The molecule has 2 aliphatic carbocycles. The Morgan fingerprint density at radius 1 is 1.20 bits per heavy atom. The Morgan fingerprint density at radius 2 is 2.07 bits per heavy atom. The van der Waals surface area contributed by atoms with Crippen LogP contribution in [0.1, 0.15) is 38.5 Å². The molecular formula is C13H24BrN. The fourth-order valence-electron chi connectivity index (χ4n) is 3.57. The van der Waals surface area contributed by atoms with Crippen molar-refractivity contribution in [1.82, 2.24) is 4.90 Å². The molecule has 0 heterocycles. The van der Waals surface area contributed by atoms with Gasteiger partial charge < -0.3 is 4.90 Å². The van der Waals surface area contributed by atoms with E-state index in [9.17, 15) is 0 Å². The van der Waals surface area contributed by atoms with E-state index in [1.807, 2.05) is 0 Å². The van der Waals surface area contributed by atoms with E-state index in [4.69, 9.17) is 0 Å². The van der Waals surface area contributed by atoms with E-state index >= 15 is 0 Å². The minimum absolute atomic E-state index is 1.04. The maximum Gasteiger partial charge on any atom is 0.00317 e. The highest BCUT2D eigenvalue weighted by Gasteiger charge is 2.39. The molecule has 0 radical (unpaired) electrons. The van der Waals surface area contributed by atoms with Crippen LogP contribution in [0, 0.1) is 17.8 Å². The molecule has 15 heavy (non-hydrogen) atoms. The first-order valence-corrected chi connectivity index (χ1v) is 7.66. The molecule has 88 valence electrons. The highest BCUT2D eigenvalue weighted by atomic mass is 79.9. The maximum atomic E-state index is 3.50. The van der Waals surface area contributed by atoms with Crippen LogP contribution in [-0.2, 0) is 0 Å². The van der Waals surface area contributed by atoms with Gasteiger partial charge in [-0.15, -0.1) is 0 Å². The van der Waals surface area contributed by atoms with E-state index in [1.165, 1.54) is 45.2 Å². The Morgan fingerprint density at radius 3 is 2.67 bits per heavy atom. The summed E-state index contributed by atoms with van der Waals surface area (Å²) >= 11 is 3.50. The Kier molecular flexibility index (Phi) is 4.51. The average molecular weight is 274 g/mol. The van der Waals surface area contributed by atoms with Crippen molar-refractivity contribution in [3.8, 4) is 0 Å². The Labute approximate surface area is 103 Å². The van der Waals surface area contributed by atoms with Crippen LogP contribution in [0.25, 0.3) is 0 Å². The van der Waals surface area contributed by atoms with Gasteiger partial charge in [-0.25, -0.2) is 0 Å². The third-order valence-corrected chi connectivity index (χ3v) is 4.91. The van der Waals surface area contributed by atoms with Crippen LogP contribution in [0.3, 0.4) is 0 Å². The topological polar surface area (TPSA) is 3.24 Å². The highest BCUT2D eigenvalue weighted by molar-refractivity contribution is 9.09. The lowest BCUT2D eigenvalue weighted by atomic mass is 9.88. The maximum absolute atomic E-state index is 3.50. The first-order chi connectivity index (χ1) is 7.29. The molecule has 2 aliphatic rings. The van der Waals surface area contributed by atoms with E-state index in [-0.39, 0.29) is 0 Å². The van der Waals surface area contributed by atoms with Crippen molar-refractivity contribution < 1.29 is 0 Å². The summed E-state index contributed by atoms with van der Waals surface area (Å²) < 4.78 is 0. The van der Waals surface area contributed by atoms with Gasteiger partial charge in [-0.2, -0.15) is 0 Å². The predicted molar refractivity (Wildman–Crippen MR) is 69.5 cm³/mol. The third-order valence-electron chi connectivity index (χ3n) is 4.35. The quantitative estimate of drug-likeness (QED) is 0.529. The molecule has 3 unspecified atom stereocenters. The summed E-state index contributed by atoms with van der Waals surface area (Å²) in [5.41, 5.74) is 0. The summed E-state index contributed by atoms with van der Waals surface area (Å²) in [6, 6.07) is 0. The van der Waals surface area contributed by atoms with Crippen LogP contribution >= 0.6 is 15.9 Å². The van der Waals surface area contributed by atoms with Gasteiger partial charge in [-0.1, -0.05) is 22.4 Å². The smallest absolute Gasteiger partial charge is 0.00317 e. The summed E-state index contributed by atoms with van der Waals surface area (Å²) in [5.74, 6) is 3.24. The number of nitrogens with zero attached hydrogens (tertiary/aromatic N) is 1. The van der Waals surface area contributed by atoms with Crippen molar-refractivity contribution in [3.05, 3.63) is 0 Å². The molecule has 3 atom stereocenters. The van der Waals surface area contributed by atoms with E-state index in [2.05, 4.69) is 27.9 Å². The van der Waals surface area contributed by atoms with Crippen molar-refractivity contribution in [2.24, 2.45) is 17.8 Å². The first-order valence-electron chi connectivity index (χ1n) is 6.54. The molecule has 0 aromatic carbocycles. The zero-order chi connectivity index (χ0) is 10.7. The van der Waals surface area contributed by atoms with Gasteiger partial charge in [0.15, 0.2) is 0 Å². The van der Waals surface area contributed by atoms with Gasteiger partial charge in [0.1, 0.15) is 0 Å². The van der Waals surface area contributed by atoms with Gasteiger partial charge in [-0.05, 0) is 63.5 Å². The summed E-state index contributed by atoms with van der Waals surface area (Å²) in [6.07, 6.45) is 8.83. The number of rotatable bonds is 6. The third kappa shape index (κ3) is 3.20. The standard InChI is InChI=1S/C13H24BrN/c1-15(7-3-2-6-14)10-13-9-11-4-5-12(13)8-11/h11-13H,2-10H2,1H3. The molecule has 2 saturated carbocycles. The number of hydrogen-bond acceptors (Lipinski definition) is 1. The number of unbranched alkanes of at least 4 members (excludes halogenated alkanes) is 1. The van der Waals surface area contributed by atoms with Gasteiger partial charge in [0.2, 0.25) is 0 Å². The molecule has 0 aliphatic heterocycles. The predicted octanol–water partition coefficient (Wildman–Crippen LogP) is 3.53. The Hall–Kier alpha value is 0.440. The van der Waals surface area contributed by atoms with Crippen molar-refractivity contribution in [1.29, 1.82) is 0 Å². The molecule has 2 rings (SSSR count). The molecule has 0 amide bonds. The van der Waals surface area contributed by atoms with Gasteiger partial charge in [0, 0.05) is 11.9 Å². The average Bonchev–Trinajstić information content (AvgIpc) is 2.79. The molecule has 0 aromatic rings. The van der Waals surface area contributed by atoms with E-state index in [1.54, 1.807) is 6.42 Å². The summed E-state index contributed by atoms with van der Waals surface area (Å²) in [6.45, 7) is 2.66. The lowest BCUT2D eigenvalue weighted by molar-refractivity contribution is 0.218. The lowest BCUT2D eigenvalue weighted by Gasteiger charge is -2.27. The molecule has 2 heteroatoms. The van der Waals surface area contributed by atoms with Gasteiger partial charge >= 0.3 is 0 Å². The lowest BCUT2D eigenvalue weighted by Crippen LogP contribution is -2.29. The van der Waals surface area contributed by atoms with Crippen LogP contribution < -0.4 is 0 Å². The zero-order valence-electron chi connectivity index (χ0n) is 9.92. The molecule has 0 saturated heterocycles. The largest absolute Gasteiger partial charge is 0.306 e. The molecule has 0 N–H and O–H groups in total.